The van der Waals surface area contributed by atoms with Crippen molar-refractivity contribution in [2.75, 3.05) is 24.5 Å². The molecule has 8 nitrogen and oxygen atoms in total. The van der Waals surface area contributed by atoms with E-state index in [1.54, 1.807) is 0 Å². The fourth-order valence-electron chi connectivity index (χ4n) is 3.24. The van der Waals surface area contributed by atoms with E-state index >= 15 is 0 Å². The lowest BCUT2D eigenvalue weighted by Crippen LogP contribution is -2.51. The molecule has 1 aromatic rings. The molecule has 0 radical (unpaired) electrons. The van der Waals surface area contributed by atoms with Crippen LogP contribution in [0.15, 0.2) is 40.3 Å². The molecule has 0 saturated carbocycles. The van der Waals surface area contributed by atoms with Crippen molar-refractivity contribution in [1.29, 1.82) is 0 Å². The topological polar surface area (TPSA) is 100 Å². The predicted molar refractivity (Wildman–Crippen MR) is 103 cm³/mol. The lowest BCUT2D eigenvalue weighted by atomic mass is 9.94. The minimum absolute atomic E-state index is 0.0277. The highest BCUT2D eigenvalue weighted by Gasteiger charge is 2.43. The largest absolute Gasteiger partial charge is 0.434 e. The molecule has 1 aromatic heterocycles. The number of primary amides is 1. The fourth-order valence-corrected chi connectivity index (χ4v) is 3.24. The Kier molecular flexibility index (Phi) is 6.04. The lowest BCUT2D eigenvalue weighted by Gasteiger charge is -2.37. The molecule has 3 heterocycles. The van der Waals surface area contributed by atoms with Crippen LogP contribution < -0.4 is 10.6 Å². The molecule has 1 atom stereocenters. The molecular formula is C18H18F5N7O. The van der Waals surface area contributed by atoms with Crippen LogP contribution in [0.2, 0.25) is 0 Å². The van der Waals surface area contributed by atoms with Crippen molar-refractivity contribution < 1.29 is 26.7 Å². The average Bonchev–Trinajstić information content (AvgIpc) is 2.70. The monoisotopic (exact) mass is 443 g/mol. The normalized spacial score (nSPS) is 21.6. The van der Waals surface area contributed by atoms with Crippen molar-refractivity contribution in [2.45, 2.75) is 18.5 Å². The SMILES string of the molecule is C=N/C=C(/c1nccc(N2CC(C(N)=O)CC(F)(F)C2)n1)N1C=C(C(F)(F)F)N=CC1. The van der Waals surface area contributed by atoms with Gasteiger partial charge in [-0.15, -0.1) is 0 Å². The first-order valence-electron chi connectivity index (χ1n) is 9.00. The molecule has 1 fully saturated rings. The molecule has 0 aliphatic carbocycles. The van der Waals surface area contributed by atoms with Crippen LogP contribution in [-0.2, 0) is 4.79 Å². The Hall–Kier alpha value is -3.38. The fraction of sp³-hybridized carbons (Fsp3) is 0.389. The molecule has 2 aliphatic heterocycles. The Morgan fingerprint density at radius 3 is 2.77 bits per heavy atom. The minimum Gasteiger partial charge on any atom is -0.369 e. The van der Waals surface area contributed by atoms with Crippen molar-refractivity contribution in [1.82, 2.24) is 14.9 Å². The number of halogens is 5. The van der Waals surface area contributed by atoms with E-state index in [2.05, 4.69) is 26.7 Å². The summed E-state index contributed by atoms with van der Waals surface area (Å²) in [6.07, 6.45) is -1.08. The van der Waals surface area contributed by atoms with Crippen LogP contribution in [0.5, 0.6) is 0 Å². The first-order chi connectivity index (χ1) is 14.5. The summed E-state index contributed by atoms with van der Waals surface area (Å²) in [5, 5.41) is 0. The summed E-state index contributed by atoms with van der Waals surface area (Å²) in [5.41, 5.74) is 4.14. The van der Waals surface area contributed by atoms with Gasteiger partial charge in [0.2, 0.25) is 5.91 Å². The van der Waals surface area contributed by atoms with Crippen molar-refractivity contribution in [2.24, 2.45) is 21.6 Å². The third kappa shape index (κ3) is 5.22. The molecule has 0 spiro atoms. The van der Waals surface area contributed by atoms with Crippen LogP contribution in [0.3, 0.4) is 0 Å². The molecule has 2 N–H and O–H groups in total. The predicted octanol–water partition coefficient (Wildman–Crippen LogP) is 2.21. The highest BCUT2D eigenvalue weighted by Crippen LogP contribution is 2.33. The van der Waals surface area contributed by atoms with Gasteiger partial charge in [0.1, 0.15) is 11.5 Å². The van der Waals surface area contributed by atoms with Crippen molar-refractivity contribution >= 4 is 30.4 Å². The number of hydrogen-bond acceptors (Lipinski definition) is 7. The van der Waals surface area contributed by atoms with Gasteiger partial charge in [-0.05, 0) is 12.8 Å². The molecule has 3 rings (SSSR count). The van der Waals surface area contributed by atoms with Crippen molar-refractivity contribution in [3.05, 3.63) is 36.2 Å². The summed E-state index contributed by atoms with van der Waals surface area (Å²) < 4.78 is 67.3. The average molecular weight is 443 g/mol. The Balaban J connectivity index is 1.94. The number of rotatable bonds is 5. The van der Waals surface area contributed by atoms with Crippen molar-refractivity contribution in [3.63, 3.8) is 0 Å². The van der Waals surface area contributed by atoms with Gasteiger partial charge < -0.3 is 15.5 Å². The minimum atomic E-state index is -4.67. The van der Waals surface area contributed by atoms with E-state index in [-0.39, 0.29) is 30.4 Å². The van der Waals surface area contributed by atoms with Gasteiger partial charge in [-0.25, -0.2) is 18.7 Å². The Labute approximate surface area is 173 Å². The third-order valence-electron chi connectivity index (χ3n) is 4.60. The first kappa shape index (κ1) is 22.3. The highest BCUT2D eigenvalue weighted by atomic mass is 19.4. The number of alkyl halides is 5. The number of aliphatic imine (C=N–C) groups is 2. The second kappa shape index (κ2) is 8.40. The summed E-state index contributed by atoms with van der Waals surface area (Å²) in [6.45, 7) is 2.51. The van der Waals surface area contributed by atoms with E-state index in [9.17, 15) is 26.7 Å². The van der Waals surface area contributed by atoms with Gasteiger partial charge in [-0.1, -0.05) is 0 Å². The zero-order valence-electron chi connectivity index (χ0n) is 16.1. The van der Waals surface area contributed by atoms with Gasteiger partial charge in [0.25, 0.3) is 5.92 Å². The summed E-state index contributed by atoms with van der Waals surface area (Å²) in [4.78, 5) is 29.0. The van der Waals surface area contributed by atoms with Crippen molar-refractivity contribution in [3.8, 4) is 0 Å². The zero-order valence-corrected chi connectivity index (χ0v) is 16.1. The summed E-state index contributed by atoms with van der Waals surface area (Å²) in [6, 6.07) is 1.36. The van der Waals surface area contributed by atoms with E-state index in [1.165, 1.54) is 22.1 Å². The van der Waals surface area contributed by atoms with Crippen LogP contribution in [0.1, 0.15) is 12.2 Å². The maximum atomic E-state index is 14.1. The molecule has 13 heteroatoms. The van der Waals surface area contributed by atoms with E-state index in [1.807, 2.05) is 0 Å². The second-order valence-corrected chi connectivity index (χ2v) is 6.95. The van der Waals surface area contributed by atoms with Crippen LogP contribution in [-0.4, -0.2) is 65.4 Å². The number of piperidine rings is 1. The standard InChI is InChI=1S/C18H18F5N7O/c1-25-7-12(29-5-4-26-13(9-29)18(21,22)23)16-27-3-2-14(28-16)30-8-11(15(24)31)6-17(19,20)10-30/h2-4,7,9,11H,1,5-6,8,10H2,(H2,24,31)/b12-7-. The molecule has 2 aliphatic rings. The van der Waals surface area contributed by atoms with Gasteiger partial charge in [0, 0.05) is 31.6 Å². The number of carbonyl (C=O) groups is 1. The second-order valence-electron chi connectivity index (χ2n) is 6.95. The maximum Gasteiger partial charge on any atom is 0.434 e. The number of amides is 1. The smallest absolute Gasteiger partial charge is 0.369 e. The molecule has 1 unspecified atom stereocenters. The number of anilines is 1. The van der Waals surface area contributed by atoms with E-state index < -0.39 is 42.6 Å². The number of carbonyl (C=O) groups excluding carboxylic acids is 1. The molecule has 1 saturated heterocycles. The van der Waals surface area contributed by atoms with E-state index in [0.717, 1.165) is 18.6 Å². The number of hydrogen-bond donors (Lipinski definition) is 1. The molecular weight excluding hydrogens is 425 g/mol. The Morgan fingerprint density at radius 1 is 1.39 bits per heavy atom. The zero-order chi connectivity index (χ0) is 22.8. The summed E-state index contributed by atoms with van der Waals surface area (Å²) >= 11 is 0. The van der Waals surface area contributed by atoms with Crippen LogP contribution in [0.25, 0.3) is 5.70 Å². The molecule has 31 heavy (non-hydrogen) atoms. The van der Waals surface area contributed by atoms with Gasteiger partial charge in [-0.2, -0.15) is 13.2 Å². The van der Waals surface area contributed by atoms with Crippen LogP contribution in [0.4, 0.5) is 27.8 Å². The number of allylic oxidation sites excluding steroid dienone is 1. The Bertz CT molecular complexity index is 957. The number of aromatic nitrogens is 2. The van der Waals surface area contributed by atoms with Gasteiger partial charge >= 0.3 is 6.18 Å². The van der Waals surface area contributed by atoms with Crippen LogP contribution >= 0.6 is 0 Å². The quantitative estimate of drug-likeness (QED) is 0.556. The molecule has 0 bridgehead atoms. The number of nitrogens with two attached hydrogens (primary N) is 1. The van der Waals surface area contributed by atoms with E-state index in [0.29, 0.717) is 0 Å². The van der Waals surface area contributed by atoms with E-state index in [4.69, 9.17) is 5.73 Å². The van der Waals surface area contributed by atoms with Gasteiger partial charge in [0.15, 0.2) is 11.5 Å². The summed E-state index contributed by atoms with van der Waals surface area (Å²) in [5.74, 6) is -5.10. The van der Waals surface area contributed by atoms with Gasteiger partial charge in [-0.3, -0.25) is 14.8 Å². The molecule has 166 valence electrons. The summed E-state index contributed by atoms with van der Waals surface area (Å²) in [7, 11) is 0. The van der Waals surface area contributed by atoms with Crippen LogP contribution in [0, 0.1) is 5.92 Å². The lowest BCUT2D eigenvalue weighted by molar-refractivity contribution is -0.126. The first-order valence-corrected chi connectivity index (χ1v) is 9.00. The number of nitrogens with zero attached hydrogens (tertiary/aromatic N) is 6. The molecule has 0 aromatic carbocycles. The molecule has 1 amide bonds. The highest BCUT2D eigenvalue weighted by molar-refractivity contribution is 5.78. The van der Waals surface area contributed by atoms with Gasteiger partial charge in [0.05, 0.1) is 25.2 Å². The Morgan fingerprint density at radius 2 is 2.13 bits per heavy atom. The maximum absolute atomic E-state index is 14.1. The third-order valence-corrected chi connectivity index (χ3v) is 4.60.